The van der Waals surface area contributed by atoms with Crippen molar-refractivity contribution in [3.63, 3.8) is 0 Å². The minimum absolute atomic E-state index is 0.145. The molecule has 7 heteroatoms. The summed E-state index contributed by atoms with van der Waals surface area (Å²) in [5, 5.41) is 11.1. The Kier molecular flexibility index (Phi) is 18.9. The molecule has 5 rings (SSSR count). The van der Waals surface area contributed by atoms with E-state index in [1.165, 1.54) is 94.6 Å². The Labute approximate surface area is 340 Å². The first-order valence-corrected chi connectivity index (χ1v) is 22.7. The van der Waals surface area contributed by atoms with E-state index in [9.17, 15) is 0 Å². The van der Waals surface area contributed by atoms with Crippen molar-refractivity contribution in [1.29, 1.82) is 0 Å². The van der Waals surface area contributed by atoms with Gasteiger partial charge < -0.3 is 16.0 Å². The summed E-state index contributed by atoms with van der Waals surface area (Å²) in [6.07, 6.45) is 21.7. The number of anilines is 3. The molecular weight excluding hydrogens is 687 g/mol. The molecule has 0 spiro atoms. The molecule has 7 nitrogen and oxygen atoms in total. The Balaban J connectivity index is 1.55. The summed E-state index contributed by atoms with van der Waals surface area (Å²) in [7, 11) is 0. The number of nitrogens with one attached hydrogen (secondary N) is 3. The Morgan fingerprint density at radius 3 is 1.34 bits per heavy atom. The summed E-state index contributed by atoms with van der Waals surface area (Å²) in [5.74, 6) is 4.30. The van der Waals surface area contributed by atoms with Gasteiger partial charge in [-0.15, -0.1) is 0 Å². The fourth-order valence-electron chi connectivity index (χ4n) is 8.54. The second-order valence-corrected chi connectivity index (χ2v) is 16.1. The highest BCUT2D eigenvalue weighted by Gasteiger charge is 2.54. The number of aryl methyl sites for hydroxylation is 1. The molecule has 3 N–H and O–H groups in total. The summed E-state index contributed by atoms with van der Waals surface area (Å²) in [6, 6.07) is 26.8. The lowest BCUT2D eigenvalue weighted by Crippen LogP contribution is -2.41. The van der Waals surface area contributed by atoms with E-state index in [1.807, 2.05) is 0 Å². The first-order chi connectivity index (χ1) is 27.7. The second-order valence-electron chi connectivity index (χ2n) is 16.1. The zero-order valence-electron chi connectivity index (χ0n) is 35.4. The minimum atomic E-state index is 0.145. The van der Waals surface area contributed by atoms with Crippen LogP contribution in [0.4, 0.5) is 17.6 Å². The largest absolute Gasteiger partial charge is 0.370 e. The van der Waals surface area contributed by atoms with Crippen LogP contribution in [0.25, 0.3) is 0 Å². The third-order valence-corrected chi connectivity index (χ3v) is 11.6. The topological polar surface area (TPSA) is 87.7 Å². The zero-order chi connectivity index (χ0) is 39.2. The quantitative estimate of drug-likeness (QED) is 0.0497. The van der Waals surface area contributed by atoms with Gasteiger partial charge in [-0.05, 0) is 36.8 Å². The monoisotopic (exact) mass is 760 g/mol. The van der Waals surface area contributed by atoms with Gasteiger partial charge in [-0.25, -0.2) is 15.0 Å². The van der Waals surface area contributed by atoms with Crippen LogP contribution in [0.1, 0.15) is 189 Å². The molecule has 56 heavy (non-hydrogen) atoms. The van der Waals surface area contributed by atoms with Crippen LogP contribution in [0.15, 0.2) is 72.8 Å². The summed E-state index contributed by atoms with van der Waals surface area (Å²) in [6.45, 7) is 11.8. The van der Waals surface area contributed by atoms with Crippen molar-refractivity contribution in [3.05, 3.63) is 101 Å². The number of aromatic nitrogens is 4. The van der Waals surface area contributed by atoms with Gasteiger partial charge in [-0.3, -0.25) is 0 Å². The van der Waals surface area contributed by atoms with Crippen LogP contribution in [-0.2, 0) is 6.42 Å². The Morgan fingerprint density at radius 1 is 0.411 bits per heavy atom. The molecule has 0 bridgehead atoms. The number of nitrogens with zero attached hydrogens (tertiary/aromatic N) is 4. The maximum atomic E-state index is 5.47. The van der Waals surface area contributed by atoms with Crippen LogP contribution in [0.2, 0.25) is 0 Å². The average Bonchev–Trinajstić information content (AvgIpc) is 3.21. The van der Waals surface area contributed by atoms with Crippen molar-refractivity contribution in [1.82, 2.24) is 19.9 Å². The van der Waals surface area contributed by atoms with Gasteiger partial charge in [0.25, 0.3) is 0 Å². The summed E-state index contributed by atoms with van der Waals surface area (Å²) in [4.78, 5) is 21.0. The Hall–Kier alpha value is -4.00. The standard InChI is InChI=1S/C49H73N7/c1-5-9-13-17-24-32-42-53-40(36-43(55-42)50-33-25-14-10-6-2)47-45(38-28-20-18-21-29-38)48(46(47)39-30-22-19-23-31-39)41-37-44(51-34-26-15-11-7-3)56-49(54-41)52-35-27-16-12-8-4/h18-23,28-31,36-37,45-48H,5-17,24-27,32-35H2,1-4H3,(H,50,53,55)(H2,51,52,54,56)/t45-,46-,47?,48?/m1/s1. The van der Waals surface area contributed by atoms with E-state index < -0.39 is 0 Å². The normalized spacial score (nSPS) is 17.7. The van der Waals surface area contributed by atoms with Crippen molar-refractivity contribution in [2.75, 3.05) is 35.6 Å². The van der Waals surface area contributed by atoms with Gasteiger partial charge in [0.05, 0.1) is 11.4 Å². The molecule has 304 valence electrons. The van der Waals surface area contributed by atoms with Crippen molar-refractivity contribution in [2.45, 2.75) is 167 Å². The van der Waals surface area contributed by atoms with Gasteiger partial charge in [-0.1, -0.05) is 172 Å². The third kappa shape index (κ3) is 13.0. The smallest absolute Gasteiger partial charge is 0.224 e. The third-order valence-electron chi connectivity index (χ3n) is 11.6. The highest BCUT2D eigenvalue weighted by atomic mass is 15.1. The molecule has 0 aliphatic heterocycles. The number of unbranched alkanes of at least 4 members (excludes halogenated alkanes) is 13. The predicted octanol–water partition coefficient (Wildman–Crippen LogP) is 13.2. The maximum Gasteiger partial charge on any atom is 0.224 e. The van der Waals surface area contributed by atoms with E-state index in [0.29, 0.717) is 0 Å². The molecule has 2 aromatic heterocycles. The van der Waals surface area contributed by atoms with Gasteiger partial charge in [-0.2, -0.15) is 4.98 Å². The molecular formula is C49H73N7. The lowest BCUT2D eigenvalue weighted by Gasteiger charge is -2.52. The van der Waals surface area contributed by atoms with E-state index in [1.54, 1.807) is 0 Å². The van der Waals surface area contributed by atoms with Gasteiger partial charge >= 0.3 is 0 Å². The molecule has 2 atom stereocenters. The van der Waals surface area contributed by atoms with E-state index in [-0.39, 0.29) is 23.7 Å². The highest BCUT2D eigenvalue weighted by molar-refractivity contribution is 5.51. The van der Waals surface area contributed by atoms with Crippen LogP contribution in [-0.4, -0.2) is 39.6 Å². The van der Waals surface area contributed by atoms with Gasteiger partial charge in [0.2, 0.25) is 5.95 Å². The molecule has 0 saturated heterocycles. The number of rotatable bonds is 28. The summed E-state index contributed by atoms with van der Waals surface area (Å²) in [5.41, 5.74) is 4.93. The van der Waals surface area contributed by atoms with Crippen molar-refractivity contribution >= 4 is 17.6 Å². The highest BCUT2D eigenvalue weighted by Crippen LogP contribution is 2.66. The first kappa shape index (κ1) is 43.1. The molecule has 1 saturated carbocycles. The fourth-order valence-corrected chi connectivity index (χ4v) is 8.54. The fraction of sp³-hybridized carbons (Fsp3) is 0.592. The average molecular weight is 760 g/mol. The molecule has 1 aliphatic carbocycles. The predicted molar refractivity (Wildman–Crippen MR) is 238 cm³/mol. The molecule has 4 aromatic rings. The second kappa shape index (κ2) is 24.6. The lowest BCUT2D eigenvalue weighted by atomic mass is 9.50. The number of hydrogen-bond acceptors (Lipinski definition) is 7. The molecule has 1 fully saturated rings. The number of hydrogen-bond donors (Lipinski definition) is 3. The van der Waals surface area contributed by atoms with E-state index >= 15 is 0 Å². The maximum absolute atomic E-state index is 5.47. The van der Waals surface area contributed by atoms with Gasteiger partial charge in [0.15, 0.2) is 0 Å². The van der Waals surface area contributed by atoms with Crippen LogP contribution >= 0.6 is 0 Å². The molecule has 0 unspecified atom stereocenters. The van der Waals surface area contributed by atoms with Crippen molar-refractivity contribution < 1.29 is 0 Å². The number of benzene rings is 2. The van der Waals surface area contributed by atoms with Gasteiger partial charge in [0, 0.05) is 61.9 Å². The van der Waals surface area contributed by atoms with Crippen molar-refractivity contribution in [2.24, 2.45) is 0 Å². The molecule has 0 radical (unpaired) electrons. The van der Waals surface area contributed by atoms with E-state index in [4.69, 9.17) is 19.9 Å². The van der Waals surface area contributed by atoms with Crippen LogP contribution in [0.5, 0.6) is 0 Å². The lowest BCUT2D eigenvalue weighted by molar-refractivity contribution is 0.219. The summed E-state index contributed by atoms with van der Waals surface area (Å²) < 4.78 is 0. The Morgan fingerprint density at radius 2 is 0.839 bits per heavy atom. The first-order valence-electron chi connectivity index (χ1n) is 22.7. The van der Waals surface area contributed by atoms with Crippen LogP contribution in [0.3, 0.4) is 0 Å². The Bertz CT molecular complexity index is 1450. The van der Waals surface area contributed by atoms with E-state index in [2.05, 4.69) is 116 Å². The minimum Gasteiger partial charge on any atom is -0.370 e. The van der Waals surface area contributed by atoms with Gasteiger partial charge in [0.1, 0.15) is 17.5 Å². The zero-order valence-corrected chi connectivity index (χ0v) is 35.4. The molecule has 1 aliphatic rings. The van der Waals surface area contributed by atoms with Crippen molar-refractivity contribution in [3.8, 4) is 0 Å². The molecule has 2 aromatic carbocycles. The van der Waals surface area contributed by atoms with Crippen LogP contribution in [0, 0.1) is 0 Å². The van der Waals surface area contributed by atoms with Crippen LogP contribution < -0.4 is 16.0 Å². The molecule has 0 amide bonds. The SMILES string of the molecule is CCCCCCCc1nc(NCCCCCC)cc(C2[C@@H](c3ccccc3)C(c3cc(NCCCCCC)nc(NCCCCCC)n3)[C@@H]2c2ccccc2)n1. The molecule has 2 heterocycles. The van der Waals surface area contributed by atoms with E-state index in [0.717, 1.165) is 86.5 Å². The summed E-state index contributed by atoms with van der Waals surface area (Å²) >= 11 is 0.